The van der Waals surface area contributed by atoms with Gasteiger partial charge in [-0.2, -0.15) is 17.5 Å². The van der Waals surface area contributed by atoms with E-state index in [0.717, 1.165) is 34.3 Å². The molecular formula is C35H37F4N5O6S2. The molecule has 1 aliphatic heterocycles. The number of nitrogens with zero attached hydrogens (tertiary/aromatic N) is 3. The number of Topliss-reactive ketones (excluding diaryl/α,β-unsaturated/α-hetero) is 1. The summed E-state index contributed by atoms with van der Waals surface area (Å²) < 4.78 is 114. The van der Waals surface area contributed by atoms with E-state index < -0.39 is 74.7 Å². The molecule has 0 bridgehead atoms. The highest BCUT2D eigenvalue weighted by molar-refractivity contribution is 7.90. The van der Waals surface area contributed by atoms with Crippen LogP contribution < -0.4 is 10.6 Å². The molecule has 3 atom stereocenters. The number of amides is 1. The number of hydrogen-bond acceptors (Lipinski definition) is 8. The molecular weight excluding hydrogens is 727 g/mol. The minimum Gasteiger partial charge on any atom is -0.345 e. The van der Waals surface area contributed by atoms with Gasteiger partial charge in [-0.3, -0.25) is 14.9 Å². The maximum absolute atomic E-state index is 15.0. The molecule has 1 unspecified atom stereocenters. The Labute approximate surface area is 299 Å². The maximum atomic E-state index is 15.0. The lowest BCUT2D eigenvalue weighted by molar-refractivity contribution is -0.161. The van der Waals surface area contributed by atoms with Crippen molar-refractivity contribution in [3.8, 4) is 11.1 Å². The smallest absolute Gasteiger partial charge is 0.345 e. The molecule has 2 N–H and O–H groups in total. The summed E-state index contributed by atoms with van der Waals surface area (Å²) in [5, 5.41) is 4.42. The van der Waals surface area contributed by atoms with E-state index in [9.17, 15) is 44.0 Å². The molecule has 1 fully saturated rings. The van der Waals surface area contributed by atoms with Gasteiger partial charge in [0, 0.05) is 37.1 Å². The predicted molar refractivity (Wildman–Crippen MR) is 184 cm³/mol. The number of rotatable bonds is 12. The molecule has 4 aromatic rings. The number of carbonyl (C=O) groups excluding carboxylic acids is 2. The van der Waals surface area contributed by atoms with Crippen molar-refractivity contribution >= 4 is 31.7 Å². The minimum absolute atomic E-state index is 0.00373. The molecule has 11 nitrogen and oxygen atoms in total. The Hall–Kier alpha value is -4.45. The van der Waals surface area contributed by atoms with Crippen LogP contribution in [0, 0.1) is 0 Å². The molecule has 52 heavy (non-hydrogen) atoms. The molecule has 3 heterocycles. The molecule has 0 aliphatic carbocycles. The zero-order valence-corrected chi connectivity index (χ0v) is 29.8. The average Bonchev–Trinajstić information content (AvgIpc) is 3.58. The van der Waals surface area contributed by atoms with Crippen molar-refractivity contribution in [1.82, 2.24) is 23.9 Å². The summed E-state index contributed by atoms with van der Waals surface area (Å²) >= 11 is 0. The van der Waals surface area contributed by atoms with Gasteiger partial charge in [-0.25, -0.2) is 30.2 Å². The van der Waals surface area contributed by atoms with Crippen LogP contribution in [0.3, 0.4) is 0 Å². The molecule has 1 amide bonds. The Kier molecular flexibility index (Phi) is 11.4. The van der Waals surface area contributed by atoms with Crippen LogP contribution in [0.2, 0.25) is 0 Å². The van der Waals surface area contributed by atoms with Gasteiger partial charge in [0.05, 0.1) is 23.5 Å². The third-order valence-corrected chi connectivity index (χ3v) is 11.9. The van der Waals surface area contributed by atoms with Crippen molar-refractivity contribution in [2.45, 2.75) is 73.0 Å². The van der Waals surface area contributed by atoms with Crippen LogP contribution >= 0.6 is 0 Å². The van der Waals surface area contributed by atoms with Crippen molar-refractivity contribution in [2.24, 2.45) is 0 Å². The molecule has 2 aromatic heterocycles. The Balaban J connectivity index is 1.37. The van der Waals surface area contributed by atoms with E-state index in [4.69, 9.17) is 0 Å². The van der Waals surface area contributed by atoms with Crippen LogP contribution in [-0.4, -0.2) is 78.8 Å². The van der Waals surface area contributed by atoms with Crippen molar-refractivity contribution < 1.29 is 44.0 Å². The lowest BCUT2D eigenvalue weighted by Crippen LogP contribution is -2.54. The maximum Gasteiger partial charge on any atom is 0.407 e. The first-order valence-electron chi connectivity index (χ1n) is 16.2. The highest BCUT2D eigenvalue weighted by atomic mass is 32.2. The number of halogens is 4. The third kappa shape index (κ3) is 8.94. The van der Waals surface area contributed by atoms with Gasteiger partial charge in [-0.1, -0.05) is 48.5 Å². The molecule has 0 saturated carbocycles. The number of nitrogens with one attached hydrogen (secondary N) is 2. The Morgan fingerprint density at radius 3 is 2.17 bits per heavy atom. The summed E-state index contributed by atoms with van der Waals surface area (Å²) in [6.45, 7) is 1.53. The molecule has 0 spiro atoms. The second-order valence-corrected chi connectivity index (χ2v) is 16.6. The van der Waals surface area contributed by atoms with Gasteiger partial charge < -0.3 is 5.32 Å². The topological polar surface area (TPSA) is 148 Å². The van der Waals surface area contributed by atoms with Gasteiger partial charge in [0.25, 0.3) is 20.0 Å². The number of ketones is 1. The van der Waals surface area contributed by atoms with E-state index in [1.807, 2.05) is 0 Å². The SMILES string of the molecule is CC(C)(F)C[C@H](N[C@@H](c1ccc(-c2ccccc2S(=O)(=O)n2cccc2)cc1)C(F)(F)F)C(=O)NC1CCCN(S(=O)(=O)c2ccccn2)CC1=O. The van der Waals surface area contributed by atoms with Crippen LogP contribution in [0.5, 0.6) is 0 Å². The second-order valence-electron chi connectivity index (χ2n) is 12.9. The fourth-order valence-corrected chi connectivity index (χ4v) is 8.71. The lowest BCUT2D eigenvalue weighted by Gasteiger charge is -2.31. The zero-order chi connectivity index (χ0) is 37.9. The summed E-state index contributed by atoms with van der Waals surface area (Å²) in [7, 11) is -8.17. The van der Waals surface area contributed by atoms with Gasteiger partial charge in [-0.05, 0) is 68.1 Å². The minimum atomic E-state index is -4.98. The number of pyridine rings is 1. The third-order valence-electron chi connectivity index (χ3n) is 8.46. The van der Waals surface area contributed by atoms with Crippen LogP contribution in [-0.2, 0) is 29.6 Å². The van der Waals surface area contributed by atoms with Crippen LogP contribution in [0.4, 0.5) is 17.6 Å². The monoisotopic (exact) mass is 763 g/mol. The van der Waals surface area contributed by atoms with Crippen molar-refractivity contribution in [3.05, 3.63) is 103 Å². The summed E-state index contributed by atoms with van der Waals surface area (Å²) in [6.07, 6.45) is -1.54. The number of aromatic nitrogens is 2. The molecule has 1 aliphatic rings. The Morgan fingerprint density at radius 1 is 0.904 bits per heavy atom. The van der Waals surface area contributed by atoms with Gasteiger partial charge in [0.15, 0.2) is 10.8 Å². The van der Waals surface area contributed by atoms with E-state index in [0.29, 0.717) is 5.56 Å². The van der Waals surface area contributed by atoms with Gasteiger partial charge in [0.1, 0.15) is 11.7 Å². The Bertz CT molecular complexity index is 2090. The van der Waals surface area contributed by atoms with Crippen molar-refractivity contribution in [1.29, 1.82) is 0 Å². The fourth-order valence-electron chi connectivity index (χ4n) is 5.93. The fraction of sp³-hybridized carbons (Fsp3) is 0.343. The number of alkyl halides is 4. The van der Waals surface area contributed by atoms with Crippen LogP contribution in [0.15, 0.2) is 107 Å². The average molecular weight is 764 g/mol. The van der Waals surface area contributed by atoms with E-state index in [1.54, 1.807) is 6.07 Å². The predicted octanol–water partition coefficient (Wildman–Crippen LogP) is 5.03. The summed E-state index contributed by atoms with van der Waals surface area (Å²) in [5.41, 5.74) is -1.90. The van der Waals surface area contributed by atoms with Crippen LogP contribution in [0.1, 0.15) is 44.7 Å². The van der Waals surface area contributed by atoms with E-state index in [-0.39, 0.29) is 40.4 Å². The first-order chi connectivity index (χ1) is 24.4. The van der Waals surface area contributed by atoms with Crippen molar-refractivity contribution in [3.63, 3.8) is 0 Å². The summed E-state index contributed by atoms with van der Waals surface area (Å²) in [4.78, 5) is 30.5. The highest BCUT2D eigenvalue weighted by Crippen LogP contribution is 2.36. The number of benzene rings is 2. The molecule has 5 rings (SSSR count). The number of hydrogen-bond donors (Lipinski definition) is 2. The molecule has 17 heteroatoms. The zero-order valence-electron chi connectivity index (χ0n) is 28.1. The van der Waals surface area contributed by atoms with E-state index >= 15 is 0 Å². The molecule has 0 radical (unpaired) electrons. The van der Waals surface area contributed by atoms with Gasteiger partial charge >= 0.3 is 6.18 Å². The second kappa shape index (κ2) is 15.3. The highest BCUT2D eigenvalue weighted by Gasteiger charge is 2.44. The number of carbonyl (C=O) groups is 2. The largest absolute Gasteiger partial charge is 0.407 e. The van der Waals surface area contributed by atoms with E-state index in [2.05, 4.69) is 15.6 Å². The standard InChI is InChI=1S/C35H37F4N5O6S2/c1-34(2,36)22-28(33(46)42-27-11-9-21-44(23-29(27)45)52(49,50)31-13-5-6-18-40-31)41-32(35(37,38)39)25-16-14-24(15-17-25)26-10-3-4-12-30(26)51(47,48)43-19-7-8-20-43/h3-8,10,12-20,27-28,32,41H,9,11,21-23H2,1-2H3,(H,42,46)/t27?,28-,32-/m0/s1. The lowest BCUT2D eigenvalue weighted by atomic mass is 9.96. The van der Waals surface area contributed by atoms with E-state index in [1.165, 1.54) is 79.3 Å². The first kappa shape index (κ1) is 38.8. The first-order valence-corrected chi connectivity index (χ1v) is 19.1. The van der Waals surface area contributed by atoms with Crippen LogP contribution in [0.25, 0.3) is 11.1 Å². The van der Waals surface area contributed by atoms with Gasteiger partial charge in [0.2, 0.25) is 5.91 Å². The quantitative estimate of drug-likeness (QED) is 0.191. The molecule has 278 valence electrons. The summed E-state index contributed by atoms with van der Waals surface area (Å²) in [6, 6.07) is 12.8. The number of sulfonamides is 1. The Morgan fingerprint density at radius 2 is 1.56 bits per heavy atom. The van der Waals surface area contributed by atoms with Crippen molar-refractivity contribution in [2.75, 3.05) is 13.1 Å². The summed E-state index contributed by atoms with van der Waals surface area (Å²) in [5.74, 6) is -1.76. The molecule has 1 saturated heterocycles. The van der Waals surface area contributed by atoms with Gasteiger partial charge in [-0.15, -0.1) is 0 Å². The normalized spacial score (nSPS) is 17.7. The molecule has 2 aromatic carbocycles.